The molecule has 2 aromatic rings. The molecule has 1 aromatic carbocycles. The summed E-state index contributed by atoms with van der Waals surface area (Å²) in [4.78, 5) is 23.6. The molecule has 0 aliphatic heterocycles. The van der Waals surface area contributed by atoms with Gasteiger partial charge in [-0.25, -0.2) is 0 Å². The Labute approximate surface area is 153 Å². The van der Waals surface area contributed by atoms with E-state index in [9.17, 15) is 9.59 Å². The van der Waals surface area contributed by atoms with Gasteiger partial charge in [0, 0.05) is 11.3 Å². The molecule has 1 N–H and O–H groups in total. The van der Waals surface area contributed by atoms with Gasteiger partial charge in [0.2, 0.25) is 5.91 Å². The molecule has 0 atom stereocenters. The second-order valence-electron chi connectivity index (χ2n) is 5.02. The van der Waals surface area contributed by atoms with E-state index in [0.717, 1.165) is 20.0 Å². The number of ketones is 1. The van der Waals surface area contributed by atoms with E-state index in [1.165, 1.54) is 30.0 Å². The Morgan fingerprint density at radius 3 is 2.38 bits per heavy atom. The highest BCUT2D eigenvalue weighted by atomic mass is 32.2. The van der Waals surface area contributed by atoms with Gasteiger partial charge in [-0.05, 0) is 26.0 Å². The predicted molar refractivity (Wildman–Crippen MR) is 101 cm³/mol. The van der Waals surface area contributed by atoms with Crippen molar-refractivity contribution in [3.8, 4) is 0 Å². The van der Waals surface area contributed by atoms with Crippen LogP contribution in [0.5, 0.6) is 0 Å². The number of carbonyl (C=O) groups is 2. The van der Waals surface area contributed by atoms with E-state index >= 15 is 0 Å². The molecule has 8 heteroatoms. The predicted octanol–water partition coefficient (Wildman–Crippen LogP) is 4.14. The zero-order valence-corrected chi connectivity index (χ0v) is 15.8. The van der Waals surface area contributed by atoms with Crippen molar-refractivity contribution in [2.75, 3.05) is 16.8 Å². The van der Waals surface area contributed by atoms with E-state index in [-0.39, 0.29) is 17.4 Å². The van der Waals surface area contributed by atoms with Gasteiger partial charge >= 0.3 is 0 Å². The van der Waals surface area contributed by atoms with Crippen molar-refractivity contribution in [2.24, 2.45) is 0 Å². The summed E-state index contributed by atoms with van der Waals surface area (Å²) in [7, 11) is 0. The maximum atomic E-state index is 12.1. The molecule has 0 fully saturated rings. The van der Waals surface area contributed by atoms with E-state index in [1.807, 2.05) is 6.92 Å². The van der Waals surface area contributed by atoms with Crippen LogP contribution < -0.4 is 5.32 Å². The number of hydrogen-bond donors (Lipinski definition) is 1. The Morgan fingerprint density at radius 1 is 1.12 bits per heavy atom. The van der Waals surface area contributed by atoms with Crippen LogP contribution in [0.1, 0.15) is 24.2 Å². The van der Waals surface area contributed by atoms with Gasteiger partial charge in [0.05, 0.1) is 11.4 Å². The van der Waals surface area contributed by atoms with Gasteiger partial charge in [-0.15, -0.1) is 10.2 Å². The molecule has 24 heavy (non-hydrogen) atoms. The number of para-hydroxylation sites is 1. The molecule has 0 saturated heterocycles. The van der Waals surface area contributed by atoms with E-state index in [1.54, 1.807) is 36.0 Å². The fourth-order valence-electron chi connectivity index (χ4n) is 1.71. The van der Waals surface area contributed by atoms with E-state index in [4.69, 9.17) is 0 Å². The number of nitrogens with one attached hydrogen (secondary N) is 1. The van der Waals surface area contributed by atoms with Crippen LogP contribution >= 0.6 is 34.9 Å². The zero-order valence-electron chi connectivity index (χ0n) is 13.4. The van der Waals surface area contributed by atoms with Crippen molar-refractivity contribution in [3.63, 3.8) is 0 Å². The summed E-state index contributed by atoms with van der Waals surface area (Å²) in [6.07, 6.45) is 0. The molecule has 1 aromatic heterocycles. The fourth-order valence-corrected chi connectivity index (χ4v) is 4.37. The third-order valence-electron chi connectivity index (χ3n) is 2.74. The molecule has 1 heterocycles. The Morgan fingerprint density at radius 2 is 1.75 bits per heavy atom. The first-order chi connectivity index (χ1) is 11.5. The Kier molecular flexibility index (Phi) is 7.01. The first kappa shape index (κ1) is 18.7. The molecule has 126 valence electrons. The molecule has 0 spiro atoms. The van der Waals surface area contributed by atoms with Gasteiger partial charge in [-0.3, -0.25) is 9.59 Å². The van der Waals surface area contributed by atoms with Gasteiger partial charge in [0.25, 0.3) is 0 Å². The molecular formula is C16H17N3O2S3. The summed E-state index contributed by atoms with van der Waals surface area (Å²) in [5, 5.41) is 10.9. The quantitative estimate of drug-likeness (QED) is 0.422. The largest absolute Gasteiger partial charge is 0.325 e. The number of hydrogen-bond acceptors (Lipinski definition) is 7. The summed E-state index contributed by atoms with van der Waals surface area (Å²) in [6, 6.07) is 6.97. The van der Waals surface area contributed by atoms with Gasteiger partial charge in [-0.1, -0.05) is 59.1 Å². The van der Waals surface area contributed by atoms with Crippen LogP contribution in [0.4, 0.5) is 5.69 Å². The lowest BCUT2D eigenvalue weighted by atomic mass is 10.1. The fraction of sp³-hybridized carbons (Fsp3) is 0.250. The number of Topliss-reactive ketones (excluding diaryl/α,β-unsaturated/α-hetero) is 1. The number of rotatable bonds is 8. The highest BCUT2D eigenvalue weighted by Crippen LogP contribution is 2.29. The van der Waals surface area contributed by atoms with Crippen molar-refractivity contribution in [3.05, 3.63) is 42.0 Å². The molecule has 0 saturated carbocycles. The van der Waals surface area contributed by atoms with Crippen LogP contribution in [0, 0.1) is 0 Å². The number of benzene rings is 1. The second-order valence-corrected chi connectivity index (χ2v) is 8.44. The molecule has 1 amide bonds. The van der Waals surface area contributed by atoms with E-state index in [2.05, 4.69) is 22.1 Å². The van der Waals surface area contributed by atoms with Crippen LogP contribution in [0.25, 0.3) is 0 Å². The number of thioether (sulfide) groups is 2. The number of nitrogens with zero attached hydrogens (tertiary/aromatic N) is 2. The first-order valence-corrected chi connectivity index (χ1v) is 9.88. The lowest BCUT2D eigenvalue weighted by Crippen LogP contribution is -2.16. The number of anilines is 1. The van der Waals surface area contributed by atoms with Crippen molar-refractivity contribution in [1.29, 1.82) is 0 Å². The topological polar surface area (TPSA) is 72.0 Å². The number of amides is 1. The van der Waals surface area contributed by atoms with E-state index < -0.39 is 0 Å². The molecule has 5 nitrogen and oxygen atoms in total. The average molecular weight is 380 g/mol. The summed E-state index contributed by atoms with van der Waals surface area (Å²) < 4.78 is 1.61. The highest BCUT2D eigenvalue weighted by Gasteiger charge is 2.12. The minimum Gasteiger partial charge on any atom is -0.325 e. The van der Waals surface area contributed by atoms with Gasteiger partial charge in [-0.2, -0.15) is 0 Å². The SMILES string of the molecule is C=C(C)CSc1nnc(SCC(=O)Nc2ccccc2C(C)=O)s1. The average Bonchev–Trinajstić information content (AvgIpc) is 2.99. The minimum absolute atomic E-state index is 0.0816. The van der Waals surface area contributed by atoms with Crippen LogP contribution in [-0.4, -0.2) is 33.4 Å². The number of carbonyl (C=O) groups excluding carboxylic acids is 2. The highest BCUT2D eigenvalue weighted by molar-refractivity contribution is 8.03. The van der Waals surface area contributed by atoms with Crippen molar-refractivity contribution >= 4 is 52.2 Å². The summed E-state index contributed by atoms with van der Waals surface area (Å²) in [5.74, 6) is 0.759. The molecule has 0 aliphatic rings. The molecule has 0 aliphatic carbocycles. The molecular weight excluding hydrogens is 362 g/mol. The molecule has 0 bridgehead atoms. The standard InChI is InChI=1S/C16H17N3O2S3/c1-10(2)8-22-15-18-19-16(24-15)23-9-14(21)17-13-7-5-4-6-12(13)11(3)20/h4-7H,1,8-9H2,2-3H3,(H,17,21). The van der Waals surface area contributed by atoms with Crippen molar-refractivity contribution in [1.82, 2.24) is 10.2 Å². The Bertz CT molecular complexity index is 759. The lowest BCUT2D eigenvalue weighted by molar-refractivity contribution is -0.113. The molecule has 0 radical (unpaired) electrons. The normalized spacial score (nSPS) is 10.4. The third kappa shape index (κ3) is 5.77. The molecule has 0 unspecified atom stereocenters. The Hall–Kier alpha value is -1.64. The Balaban J connectivity index is 1.88. The maximum Gasteiger partial charge on any atom is 0.234 e. The van der Waals surface area contributed by atoms with Gasteiger partial charge in [0.15, 0.2) is 14.5 Å². The maximum absolute atomic E-state index is 12.1. The van der Waals surface area contributed by atoms with Gasteiger partial charge < -0.3 is 5.32 Å². The van der Waals surface area contributed by atoms with Crippen LogP contribution in [0.3, 0.4) is 0 Å². The first-order valence-electron chi connectivity index (χ1n) is 7.09. The second kappa shape index (κ2) is 9.00. The smallest absolute Gasteiger partial charge is 0.234 e. The van der Waals surface area contributed by atoms with E-state index in [0.29, 0.717) is 11.3 Å². The number of aromatic nitrogens is 2. The third-order valence-corrected chi connectivity index (χ3v) is 6.16. The van der Waals surface area contributed by atoms with Crippen LogP contribution in [0.2, 0.25) is 0 Å². The van der Waals surface area contributed by atoms with Crippen molar-refractivity contribution < 1.29 is 9.59 Å². The van der Waals surface area contributed by atoms with Gasteiger partial charge in [0.1, 0.15) is 0 Å². The van der Waals surface area contributed by atoms with Crippen LogP contribution in [0.15, 0.2) is 45.1 Å². The summed E-state index contributed by atoms with van der Waals surface area (Å²) >= 11 is 4.37. The monoisotopic (exact) mass is 379 g/mol. The lowest BCUT2D eigenvalue weighted by Gasteiger charge is -2.08. The minimum atomic E-state index is -0.181. The summed E-state index contributed by atoms with van der Waals surface area (Å²) in [5.41, 5.74) is 2.11. The zero-order chi connectivity index (χ0) is 17.5. The molecule has 2 rings (SSSR count). The van der Waals surface area contributed by atoms with Crippen molar-refractivity contribution in [2.45, 2.75) is 22.5 Å². The van der Waals surface area contributed by atoms with Crippen LogP contribution in [-0.2, 0) is 4.79 Å². The summed E-state index contributed by atoms with van der Waals surface area (Å²) in [6.45, 7) is 7.29.